The highest BCUT2D eigenvalue weighted by Crippen LogP contribution is 2.31. The molecule has 1 amide bonds. The molecule has 0 radical (unpaired) electrons. The minimum Gasteiger partial charge on any atom is -0.465 e. The maximum absolute atomic E-state index is 12.7. The van der Waals surface area contributed by atoms with Crippen molar-refractivity contribution in [1.29, 1.82) is 0 Å². The van der Waals surface area contributed by atoms with Gasteiger partial charge in [0.05, 0.1) is 5.56 Å². The Morgan fingerprint density at radius 3 is 1.93 bits per heavy atom. The molecule has 2 N–H and O–H groups in total. The second kappa shape index (κ2) is 9.51. The van der Waals surface area contributed by atoms with E-state index < -0.39 is 23.4 Å². The summed E-state index contributed by atoms with van der Waals surface area (Å²) in [6.45, 7) is 8.83. The number of rotatable bonds is 7. The molecule has 30 heavy (non-hydrogen) atoms. The molecule has 7 heteroatoms. The van der Waals surface area contributed by atoms with Crippen molar-refractivity contribution >= 4 is 6.09 Å². The van der Waals surface area contributed by atoms with E-state index in [2.05, 4.69) is 5.32 Å². The summed E-state index contributed by atoms with van der Waals surface area (Å²) in [6.07, 6.45) is -4.57. The lowest BCUT2D eigenvalue weighted by Gasteiger charge is -2.38. The number of nitrogens with zero attached hydrogens (tertiary/aromatic N) is 1. The molecule has 0 aromatic heterocycles. The van der Waals surface area contributed by atoms with Gasteiger partial charge in [-0.05, 0) is 69.5 Å². The Labute approximate surface area is 175 Å². The van der Waals surface area contributed by atoms with Crippen LogP contribution in [-0.2, 0) is 12.7 Å². The number of halogens is 3. The maximum Gasteiger partial charge on any atom is 0.416 e. The van der Waals surface area contributed by atoms with Crippen LogP contribution in [0, 0.1) is 0 Å². The first kappa shape index (κ1) is 23.7. The monoisotopic (exact) mass is 422 g/mol. The van der Waals surface area contributed by atoms with Crippen LogP contribution in [0.3, 0.4) is 0 Å². The molecule has 0 saturated heterocycles. The summed E-state index contributed by atoms with van der Waals surface area (Å²) in [5, 5.41) is 12.8. The van der Waals surface area contributed by atoms with E-state index in [9.17, 15) is 23.1 Å². The molecule has 0 aliphatic rings. The summed E-state index contributed by atoms with van der Waals surface area (Å²) < 4.78 is 38.0. The van der Waals surface area contributed by atoms with Gasteiger partial charge in [0, 0.05) is 18.1 Å². The number of alkyl halides is 3. The highest BCUT2D eigenvalue weighted by Gasteiger charge is 2.31. The van der Waals surface area contributed by atoms with E-state index in [1.165, 1.54) is 17.0 Å². The van der Waals surface area contributed by atoms with Gasteiger partial charge < -0.3 is 15.3 Å². The van der Waals surface area contributed by atoms with Crippen LogP contribution < -0.4 is 5.32 Å². The van der Waals surface area contributed by atoms with E-state index in [1.54, 1.807) is 0 Å². The second-order valence-corrected chi connectivity index (χ2v) is 8.41. The minimum absolute atomic E-state index is 0.114. The van der Waals surface area contributed by atoms with Crippen molar-refractivity contribution in [3.8, 4) is 11.1 Å². The summed E-state index contributed by atoms with van der Waals surface area (Å²) >= 11 is 0. The molecule has 2 rings (SSSR count). The van der Waals surface area contributed by atoms with E-state index in [0.29, 0.717) is 19.5 Å². The second-order valence-electron chi connectivity index (χ2n) is 8.41. The maximum atomic E-state index is 12.7. The zero-order valence-corrected chi connectivity index (χ0v) is 17.8. The third-order valence-corrected chi connectivity index (χ3v) is 4.94. The first-order valence-electron chi connectivity index (χ1n) is 9.89. The molecule has 0 aliphatic heterocycles. The molecule has 0 bridgehead atoms. The van der Waals surface area contributed by atoms with Crippen molar-refractivity contribution in [2.45, 2.75) is 58.4 Å². The first-order valence-corrected chi connectivity index (χ1v) is 9.89. The van der Waals surface area contributed by atoms with Gasteiger partial charge in [0.1, 0.15) is 0 Å². The predicted octanol–water partition coefficient (Wildman–Crippen LogP) is 6.02. The van der Waals surface area contributed by atoms with Crippen LogP contribution >= 0.6 is 0 Å². The predicted molar refractivity (Wildman–Crippen MR) is 112 cm³/mol. The molecule has 4 nitrogen and oxygen atoms in total. The van der Waals surface area contributed by atoms with Gasteiger partial charge in [0.15, 0.2) is 0 Å². The van der Waals surface area contributed by atoms with Crippen molar-refractivity contribution in [3.05, 3.63) is 59.7 Å². The van der Waals surface area contributed by atoms with Crippen LogP contribution in [0.4, 0.5) is 18.0 Å². The number of carbonyl (C=O) groups is 1. The molecule has 2 aromatic rings. The minimum atomic E-state index is -4.33. The number of benzene rings is 2. The van der Waals surface area contributed by atoms with Crippen molar-refractivity contribution in [1.82, 2.24) is 10.2 Å². The fourth-order valence-electron chi connectivity index (χ4n) is 3.48. The summed E-state index contributed by atoms with van der Waals surface area (Å²) in [6, 6.07) is 12.6. The van der Waals surface area contributed by atoms with Gasteiger partial charge in [-0.25, -0.2) is 4.79 Å². The number of hydrogen-bond acceptors (Lipinski definition) is 2. The summed E-state index contributed by atoms with van der Waals surface area (Å²) in [4.78, 5) is 13.0. The standard InChI is InChI=1S/C23H29F3N2O2/c1-16(28(21(29)30)22(2,3)4)13-14-27-15-17-5-7-18(8-6-17)19-9-11-20(12-10-19)23(24,25)26/h5-12,16,27H,13-15H2,1-4H3,(H,29,30). The number of hydrogen-bond donors (Lipinski definition) is 2. The number of amides is 1. The van der Waals surface area contributed by atoms with E-state index in [0.717, 1.165) is 28.8 Å². The van der Waals surface area contributed by atoms with Gasteiger partial charge >= 0.3 is 12.3 Å². The largest absolute Gasteiger partial charge is 0.465 e. The van der Waals surface area contributed by atoms with Gasteiger partial charge in [0.2, 0.25) is 0 Å². The van der Waals surface area contributed by atoms with Crippen LogP contribution in [0.1, 0.15) is 45.2 Å². The van der Waals surface area contributed by atoms with Crippen LogP contribution in [0.2, 0.25) is 0 Å². The van der Waals surface area contributed by atoms with Crippen molar-refractivity contribution in [2.75, 3.05) is 6.54 Å². The molecule has 0 spiro atoms. The zero-order chi connectivity index (χ0) is 22.5. The normalized spacial score (nSPS) is 13.2. The molecule has 164 valence electrons. The molecule has 0 aliphatic carbocycles. The highest BCUT2D eigenvalue weighted by atomic mass is 19.4. The van der Waals surface area contributed by atoms with Crippen LogP contribution in [-0.4, -0.2) is 34.2 Å². The van der Waals surface area contributed by atoms with E-state index >= 15 is 0 Å². The molecular formula is C23H29F3N2O2. The van der Waals surface area contributed by atoms with Crippen molar-refractivity contribution in [2.24, 2.45) is 0 Å². The quantitative estimate of drug-likeness (QED) is 0.537. The smallest absolute Gasteiger partial charge is 0.416 e. The van der Waals surface area contributed by atoms with Gasteiger partial charge in [-0.2, -0.15) is 13.2 Å². The number of carboxylic acid groups (broad SMARTS) is 1. The van der Waals surface area contributed by atoms with E-state index in [4.69, 9.17) is 0 Å². The van der Waals surface area contributed by atoms with E-state index in [-0.39, 0.29) is 6.04 Å². The summed E-state index contributed by atoms with van der Waals surface area (Å²) in [5.74, 6) is 0. The van der Waals surface area contributed by atoms with Gasteiger partial charge in [-0.1, -0.05) is 36.4 Å². The van der Waals surface area contributed by atoms with Gasteiger partial charge in [0.25, 0.3) is 0 Å². The van der Waals surface area contributed by atoms with Gasteiger partial charge in [-0.15, -0.1) is 0 Å². The molecule has 0 fully saturated rings. The Bertz CT molecular complexity index is 826. The molecule has 1 unspecified atom stereocenters. The molecule has 0 heterocycles. The fraction of sp³-hybridized carbons (Fsp3) is 0.435. The van der Waals surface area contributed by atoms with Crippen molar-refractivity contribution in [3.63, 3.8) is 0 Å². The first-order chi connectivity index (χ1) is 13.9. The van der Waals surface area contributed by atoms with Crippen LogP contribution in [0.25, 0.3) is 11.1 Å². The van der Waals surface area contributed by atoms with Crippen LogP contribution in [0.15, 0.2) is 48.5 Å². The fourth-order valence-corrected chi connectivity index (χ4v) is 3.48. The Morgan fingerprint density at radius 2 is 1.50 bits per heavy atom. The SMILES string of the molecule is CC(CCNCc1ccc(-c2ccc(C(F)(F)F)cc2)cc1)N(C(=O)O)C(C)(C)C. The molecular weight excluding hydrogens is 393 g/mol. The van der Waals surface area contributed by atoms with E-state index in [1.807, 2.05) is 52.0 Å². The molecule has 2 aromatic carbocycles. The Balaban J connectivity index is 1.87. The highest BCUT2D eigenvalue weighted by molar-refractivity contribution is 5.66. The third-order valence-electron chi connectivity index (χ3n) is 4.94. The Hall–Kier alpha value is -2.54. The van der Waals surface area contributed by atoms with Gasteiger partial charge in [-0.3, -0.25) is 0 Å². The average molecular weight is 422 g/mol. The third kappa shape index (κ3) is 6.49. The van der Waals surface area contributed by atoms with Crippen molar-refractivity contribution < 1.29 is 23.1 Å². The number of nitrogens with one attached hydrogen (secondary N) is 1. The Morgan fingerprint density at radius 1 is 1.00 bits per heavy atom. The lowest BCUT2D eigenvalue weighted by atomic mass is 10.0. The molecule has 0 saturated carbocycles. The lowest BCUT2D eigenvalue weighted by Crippen LogP contribution is -2.50. The summed E-state index contributed by atoms with van der Waals surface area (Å²) in [5.41, 5.74) is 1.51. The molecule has 1 atom stereocenters. The lowest BCUT2D eigenvalue weighted by molar-refractivity contribution is -0.137. The van der Waals surface area contributed by atoms with Crippen LogP contribution in [0.5, 0.6) is 0 Å². The summed E-state index contributed by atoms with van der Waals surface area (Å²) in [7, 11) is 0. The zero-order valence-electron chi connectivity index (χ0n) is 17.8. The Kier molecular flexibility index (Phi) is 7.53. The average Bonchev–Trinajstić information content (AvgIpc) is 2.64. The topological polar surface area (TPSA) is 52.6 Å².